The Morgan fingerprint density at radius 1 is 1.05 bits per heavy atom. The van der Waals surface area contributed by atoms with Gasteiger partial charge in [-0.2, -0.15) is 26.3 Å². The molecule has 0 radical (unpaired) electrons. The number of nitrogens with zero attached hydrogens (tertiary/aromatic N) is 2. The van der Waals surface area contributed by atoms with E-state index in [0.717, 1.165) is 7.05 Å². The van der Waals surface area contributed by atoms with E-state index < -0.39 is 35.2 Å². The van der Waals surface area contributed by atoms with E-state index in [2.05, 4.69) is 0 Å². The summed E-state index contributed by atoms with van der Waals surface area (Å²) in [4.78, 5) is 12.5. The summed E-state index contributed by atoms with van der Waals surface area (Å²) < 4.78 is 77.1. The Morgan fingerprint density at radius 2 is 1.45 bits per heavy atom. The second-order valence-corrected chi connectivity index (χ2v) is 4.78. The van der Waals surface area contributed by atoms with Gasteiger partial charge < -0.3 is 0 Å². The summed E-state index contributed by atoms with van der Waals surface area (Å²) in [6.07, 6.45) is -9.96. The largest absolute Gasteiger partial charge is 0.416 e. The molecule has 0 spiro atoms. The molecule has 0 aliphatic carbocycles. The number of benzene rings is 1. The Labute approximate surface area is 127 Å². The average Bonchev–Trinajstić information content (AvgIpc) is 2.37. The van der Waals surface area contributed by atoms with Crippen LogP contribution in [0.15, 0.2) is 18.2 Å². The van der Waals surface area contributed by atoms with Crippen molar-refractivity contribution in [3.05, 3.63) is 29.3 Å². The van der Waals surface area contributed by atoms with Crippen LogP contribution in [0.2, 0.25) is 0 Å². The molecule has 0 atom stereocenters. The number of alkyl halides is 6. The Bertz CT molecular complexity index is 523. The van der Waals surface area contributed by atoms with Crippen molar-refractivity contribution in [3.8, 4) is 0 Å². The molecule has 22 heavy (non-hydrogen) atoms. The molecule has 2 amide bonds. The lowest BCUT2D eigenvalue weighted by Crippen LogP contribution is -2.37. The molecule has 124 valence electrons. The molecule has 1 aromatic carbocycles. The van der Waals surface area contributed by atoms with Gasteiger partial charge >= 0.3 is 18.4 Å². The third-order valence-electron chi connectivity index (χ3n) is 2.69. The minimum Gasteiger partial charge on any atom is -0.294 e. The van der Waals surface area contributed by atoms with Crippen molar-refractivity contribution in [1.82, 2.24) is 4.42 Å². The van der Waals surface area contributed by atoms with Gasteiger partial charge in [0.2, 0.25) is 0 Å². The highest BCUT2D eigenvalue weighted by molar-refractivity contribution is 6.22. The molecule has 0 aliphatic heterocycles. The molecule has 0 N–H and O–H groups in total. The predicted octanol–water partition coefficient (Wildman–Crippen LogP) is 4.76. The van der Waals surface area contributed by atoms with E-state index in [1.54, 1.807) is 0 Å². The molecule has 0 aliphatic rings. The number of carbonyl (C=O) groups is 1. The molecule has 1 rings (SSSR count). The first kappa shape index (κ1) is 18.4. The molecule has 0 fully saturated rings. The van der Waals surface area contributed by atoms with Gasteiger partial charge in [-0.1, -0.05) is 0 Å². The van der Waals surface area contributed by atoms with E-state index >= 15 is 0 Å². The van der Waals surface area contributed by atoms with E-state index in [1.807, 2.05) is 0 Å². The highest BCUT2D eigenvalue weighted by Crippen LogP contribution is 2.38. The van der Waals surface area contributed by atoms with Crippen molar-refractivity contribution >= 4 is 23.5 Å². The highest BCUT2D eigenvalue weighted by Gasteiger charge is 2.37. The molecule has 1 aromatic rings. The lowest BCUT2D eigenvalue weighted by molar-refractivity contribution is -0.143. The molecule has 0 aromatic heterocycles. The fourth-order valence-electron chi connectivity index (χ4n) is 1.69. The Balaban J connectivity index is 3.49. The molecular formula is C12H11ClF6N2O. The monoisotopic (exact) mass is 348 g/mol. The smallest absolute Gasteiger partial charge is 0.294 e. The SMILES string of the molecule is CCN(C(=O)N(C)Cl)c1cc(C(F)(F)F)cc(C(F)(F)F)c1. The molecule has 0 heterocycles. The van der Waals surface area contributed by atoms with Crippen LogP contribution in [-0.2, 0) is 12.4 Å². The number of hydrogen-bond donors (Lipinski definition) is 0. The van der Waals surface area contributed by atoms with Crippen LogP contribution < -0.4 is 4.90 Å². The van der Waals surface area contributed by atoms with Gasteiger partial charge in [0.15, 0.2) is 0 Å². The molecule has 0 bridgehead atoms. The van der Waals surface area contributed by atoms with Crippen LogP contribution in [0, 0.1) is 0 Å². The fourth-order valence-corrected chi connectivity index (χ4v) is 1.78. The van der Waals surface area contributed by atoms with Crippen molar-refractivity contribution in [2.24, 2.45) is 0 Å². The highest BCUT2D eigenvalue weighted by atomic mass is 35.5. The number of urea groups is 1. The first-order valence-electron chi connectivity index (χ1n) is 5.88. The van der Waals surface area contributed by atoms with Crippen molar-refractivity contribution < 1.29 is 31.1 Å². The number of rotatable bonds is 2. The lowest BCUT2D eigenvalue weighted by atomic mass is 10.1. The normalized spacial score (nSPS) is 12.2. The zero-order valence-corrected chi connectivity index (χ0v) is 12.1. The number of hydrogen-bond acceptors (Lipinski definition) is 1. The number of carbonyl (C=O) groups excluding carboxylic acids is 1. The molecule has 0 saturated heterocycles. The van der Waals surface area contributed by atoms with Gasteiger partial charge in [0.1, 0.15) is 0 Å². The number of halogens is 7. The van der Waals surface area contributed by atoms with E-state index in [0.29, 0.717) is 21.5 Å². The Morgan fingerprint density at radius 3 is 1.73 bits per heavy atom. The minimum absolute atomic E-state index is 0.00771. The van der Waals surface area contributed by atoms with Crippen LogP contribution in [0.25, 0.3) is 0 Å². The van der Waals surface area contributed by atoms with Gasteiger partial charge in [-0.3, -0.25) is 4.90 Å². The average molecular weight is 349 g/mol. The summed E-state index contributed by atoms with van der Waals surface area (Å²) in [7, 11) is 1.12. The zero-order valence-electron chi connectivity index (χ0n) is 11.4. The van der Waals surface area contributed by atoms with E-state index in [-0.39, 0.29) is 12.6 Å². The maximum absolute atomic E-state index is 12.8. The summed E-state index contributed by atoms with van der Waals surface area (Å²) in [6, 6.07) is -0.0167. The van der Waals surface area contributed by atoms with Crippen molar-refractivity contribution in [3.63, 3.8) is 0 Å². The Kier molecular flexibility index (Phi) is 5.21. The van der Waals surface area contributed by atoms with Crippen molar-refractivity contribution in [2.75, 3.05) is 18.5 Å². The molecular weight excluding hydrogens is 338 g/mol. The summed E-state index contributed by atoms with van der Waals surface area (Å²) in [5.41, 5.74) is -3.54. The van der Waals surface area contributed by atoms with Crippen LogP contribution in [0.5, 0.6) is 0 Å². The zero-order chi connectivity index (χ0) is 17.3. The van der Waals surface area contributed by atoms with E-state index in [1.165, 1.54) is 6.92 Å². The third kappa shape index (κ3) is 4.19. The maximum Gasteiger partial charge on any atom is 0.416 e. The van der Waals surface area contributed by atoms with Gasteiger partial charge in [0, 0.05) is 31.1 Å². The second kappa shape index (κ2) is 6.23. The summed E-state index contributed by atoms with van der Waals surface area (Å²) in [5.74, 6) is 0. The van der Waals surface area contributed by atoms with Crippen molar-refractivity contribution in [1.29, 1.82) is 0 Å². The Hall–Kier alpha value is -1.64. The maximum atomic E-state index is 12.8. The van der Waals surface area contributed by atoms with E-state index in [4.69, 9.17) is 11.8 Å². The molecule has 3 nitrogen and oxygen atoms in total. The van der Waals surface area contributed by atoms with Gasteiger partial charge in [-0.15, -0.1) is 0 Å². The summed E-state index contributed by atoms with van der Waals surface area (Å²) in [5, 5.41) is 0. The van der Waals surface area contributed by atoms with Gasteiger partial charge in [0.05, 0.1) is 11.1 Å². The van der Waals surface area contributed by atoms with Crippen LogP contribution in [0.3, 0.4) is 0 Å². The molecule has 0 saturated carbocycles. The van der Waals surface area contributed by atoms with E-state index in [9.17, 15) is 31.1 Å². The first-order chi connectivity index (χ1) is 9.87. The van der Waals surface area contributed by atoms with Crippen LogP contribution in [0.1, 0.15) is 18.1 Å². The minimum atomic E-state index is -4.98. The lowest BCUT2D eigenvalue weighted by Gasteiger charge is -2.25. The second-order valence-electron chi connectivity index (χ2n) is 4.27. The first-order valence-corrected chi connectivity index (χ1v) is 6.22. The fraction of sp³-hybridized carbons (Fsp3) is 0.417. The van der Waals surface area contributed by atoms with Crippen LogP contribution in [0.4, 0.5) is 36.8 Å². The summed E-state index contributed by atoms with van der Waals surface area (Å²) >= 11 is 5.41. The van der Waals surface area contributed by atoms with Gasteiger partial charge in [-0.05, 0) is 25.1 Å². The van der Waals surface area contributed by atoms with Crippen LogP contribution >= 0.6 is 11.8 Å². The topological polar surface area (TPSA) is 23.6 Å². The van der Waals surface area contributed by atoms with Crippen LogP contribution in [-0.4, -0.2) is 24.0 Å². The van der Waals surface area contributed by atoms with Crippen molar-refractivity contribution in [2.45, 2.75) is 19.3 Å². The molecule has 0 unspecified atom stereocenters. The standard InChI is InChI=1S/C12H11ClF6N2O/c1-3-21(10(22)20(2)13)9-5-7(11(14,15)16)4-8(6-9)12(17,18)19/h4-6H,3H2,1-2H3. The number of amides is 2. The predicted molar refractivity (Wildman–Crippen MR) is 68.5 cm³/mol. The number of anilines is 1. The summed E-state index contributed by atoms with van der Waals surface area (Å²) in [6.45, 7) is 1.24. The van der Waals surface area contributed by atoms with Gasteiger partial charge in [0.25, 0.3) is 0 Å². The van der Waals surface area contributed by atoms with Gasteiger partial charge in [-0.25, -0.2) is 9.21 Å². The third-order valence-corrected chi connectivity index (χ3v) is 2.84. The molecule has 10 heteroatoms. The quantitative estimate of drug-likeness (QED) is 0.558.